The second-order valence-corrected chi connectivity index (χ2v) is 5.49. The number of hydrogen-bond acceptors (Lipinski definition) is 4. The van der Waals surface area contributed by atoms with E-state index in [0.717, 1.165) is 13.1 Å². The zero-order valence-electron chi connectivity index (χ0n) is 12.6. The molecule has 1 aromatic carbocycles. The minimum Gasteiger partial charge on any atom is -0.480 e. The molecule has 0 fully saturated rings. The van der Waals surface area contributed by atoms with Gasteiger partial charge in [0.1, 0.15) is 11.9 Å². The average molecular weight is 334 g/mol. The number of carbonyl (C=O) groups excluding carboxylic acids is 1. The summed E-state index contributed by atoms with van der Waals surface area (Å²) in [4.78, 5) is 13.9. The third-order valence-electron chi connectivity index (χ3n) is 2.98. The zero-order chi connectivity index (χ0) is 15.8. The maximum absolute atomic E-state index is 11.7. The Hall–Kier alpha value is -0.970. The second kappa shape index (κ2) is 9.13. The number of rotatable bonds is 8. The van der Waals surface area contributed by atoms with Crippen LogP contribution in [0.3, 0.4) is 0 Å². The van der Waals surface area contributed by atoms with Gasteiger partial charge in [0, 0.05) is 11.6 Å². The number of esters is 1. The van der Waals surface area contributed by atoms with Crippen LogP contribution in [0.2, 0.25) is 10.0 Å². The number of ether oxygens (including phenoxy) is 2. The maximum atomic E-state index is 11.7. The lowest BCUT2D eigenvalue weighted by Gasteiger charge is -2.22. The molecule has 0 aliphatic rings. The van der Waals surface area contributed by atoms with Crippen molar-refractivity contribution in [1.82, 2.24) is 4.90 Å². The van der Waals surface area contributed by atoms with Gasteiger partial charge in [0.2, 0.25) is 0 Å². The van der Waals surface area contributed by atoms with E-state index in [1.54, 1.807) is 18.2 Å². The summed E-state index contributed by atoms with van der Waals surface area (Å²) in [7, 11) is 0. The van der Waals surface area contributed by atoms with E-state index in [0.29, 0.717) is 22.3 Å². The predicted molar refractivity (Wildman–Crippen MR) is 85.3 cm³/mol. The van der Waals surface area contributed by atoms with Crippen LogP contribution in [-0.4, -0.2) is 43.2 Å². The lowest BCUT2D eigenvalue weighted by atomic mass is 10.3. The molecule has 0 aliphatic carbocycles. The summed E-state index contributed by atoms with van der Waals surface area (Å²) in [6.45, 7) is 8.40. The summed E-state index contributed by atoms with van der Waals surface area (Å²) in [5.74, 6) is -0.00455. The van der Waals surface area contributed by atoms with Gasteiger partial charge in [-0.05, 0) is 38.2 Å². The molecule has 1 aromatic rings. The molecule has 6 heteroatoms. The molecule has 0 N–H and O–H groups in total. The number of halogens is 2. The minimum atomic E-state index is -0.416. The van der Waals surface area contributed by atoms with Crippen LogP contribution in [0.5, 0.6) is 5.75 Å². The van der Waals surface area contributed by atoms with Gasteiger partial charge in [-0.3, -0.25) is 0 Å². The van der Waals surface area contributed by atoms with Gasteiger partial charge in [0.15, 0.2) is 6.61 Å². The summed E-state index contributed by atoms with van der Waals surface area (Å²) >= 11 is 11.7. The standard InChI is InChI=1S/C15H21Cl2NO3/c1-4-18(5-2)9-11(3)21-15(19)10-20-14-7-6-12(16)8-13(14)17/h6-8,11H,4-5,9-10H2,1-3H3. The fourth-order valence-electron chi connectivity index (χ4n) is 1.87. The van der Waals surface area contributed by atoms with Crippen molar-refractivity contribution in [2.75, 3.05) is 26.2 Å². The number of nitrogens with zero attached hydrogens (tertiary/aromatic N) is 1. The van der Waals surface area contributed by atoms with Crippen LogP contribution in [0, 0.1) is 0 Å². The van der Waals surface area contributed by atoms with Gasteiger partial charge in [-0.1, -0.05) is 37.0 Å². The predicted octanol–water partition coefficient (Wildman–Crippen LogP) is 3.65. The Morgan fingerprint density at radius 2 is 1.95 bits per heavy atom. The Kier molecular flexibility index (Phi) is 7.86. The third-order valence-corrected chi connectivity index (χ3v) is 3.51. The molecule has 0 saturated carbocycles. The van der Waals surface area contributed by atoms with Crippen molar-refractivity contribution < 1.29 is 14.3 Å². The van der Waals surface area contributed by atoms with Gasteiger partial charge in [0.25, 0.3) is 0 Å². The van der Waals surface area contributed by atoms with Crippen LogP contribution in [0.4, 0.5) is 0 Å². The molecule has 0 radical (unpaired) electrons. The molecule has 21 heavy (non-hydrogen) atoms. The minimum absolute atomic E-state index is 0.177. The Balaban J connectivity index is 2.40. The van der Waals surface area contributed by atoms with Gasteiger partial charge in [-0.15, -0.1) is 0 Å². The summed E-state index contributed by atoms with van der Waals surface area (Å²) in [6.07, 6.45) is -0.179. The quantitative estimate of drug-likeness (QED) is 0.681. The van der Waals surface area contributed by atoms with Gasteiger partial charge in [-0.2, -0.15) is 0 Å². The van der Waals surface area contributed by atoms with Crippen LogP contribution >= 0.6 is 23.2 Å². The molecule has 0 spiro atoms. The SMILES string of the molecule is CCN(CC)CC(C)OC(=O)COc1ccc(Cl)cc1Cl. The number of hydrogen-bond donors (Lipinski definition) is 0. The topological polar surface area (TPSA) is 38.8 Å². The highest BCUT2D eigenvalue weighted by Gasteiger charge is 2.13. The average Bonchev–Trinajstić information content (AvgIpc) is 2.43. The van der Waals surface area contributed by atoms with Gasteiger partial charge < -0.3 is 14.4 Å². The Bertz CT molecular complexity index is 464. The van der Waals surface area contributed by atoms with Gasteiger partial charge in [-0.25, -0.2) is 4.79 Å². The summed E-state index contributed by atoms with van der Waals surface area (Å²) in [5.41, 5.74) is 0. The third kappa shape index (κ3) is 6.55. The lowest BCUT2D eigenvalue weighted by Crippen LogP contribution is -2.34. The van der Waals surface area contributed by atoms with E-state index < -0.39 is 5.97 Å². The smallest absolute Gasteiger partial charge is 0.344 e. The molecule has 0 saturated heterocycles. The Morgan fingerprint density at radius 1 is 1.29 bits per heavy atom. The number of benzene rings is 1. The van der Waals surface area contributed by atoms with Crippen molar-refractivity contribution in [3.05, 3.63) is 28.2 Å². The van der Waals surface area contributed by atoms with Gasteiger partial charge in [0.05, 0.1) is 5.02 Å². The first-order chi connectivity index (χ1) is 9.96. The highest BCUT2D eigenvalue weighted by Crippen LogP contribution is 2.27. The van der Waals surface area contributed by atoms with Gasteiger partial charge >= 0.3 is 5.97 Å². The molecular weight excluding hydrogens is 313 g/mol. The number of carbonyl (C=O) groups is 1. The first-order valence-electron chi connectivity index (χ1n) is 6.95. The molecule has 0 aromatic heterocycles. The molecule has 0 amide bonds. The van der Waals surface area contributed by atoms with E-state index >= 15 is 0 Å². The molecule has 1 atom stereocenters. The fraction of sp³-hybridized carbons (Fsp3) is 0.533. The van der Waals surface area contributed by atoms with Crippen molar-refractivity contribution in [3.8, 4) is 5.75 Å². The van der Waals surface area contributed by atoms with Crippen molar-refractivity contribution in [3.63, 3.8) is 0 Å². The Morgan fingerprint density at radius 3 is 2.52 bits per heavy atom. The highest BCUT2D eigenvalue weighted by molar-refractivity contribution is 6.35. The second-order valence-electron chi connectivity index (χ2n) is 4.65. The van der Waals surface area contributed by atoms with E-state index in [2.05, 4.69) is 18.7 Å². The number of likely N-dealkylation sites (N-methyl/N-ethyl adjacent to an activating group) is 1. The fourth-order valence-corrected chi connectivity index (χ4v) is 2.33. The van der Waals surface area contributed by atoms with Crippen LogP contribution < -0.4 is 4.74 Å². The summed E-state index contributed by atoms with van der Waals surface area (Å²) in [6, 6.07) is 4.83. The van der Waals surface area contributed by atoms with Crippen LogP contribution in [0.15, 0.2) is 18.2 Å². The van der Waals surface area contributed by atoms with Crippen molar-refractivity contribution >= 4 is 29.2 Å². The molecule has 118 valence electrons. The van der Waals surface area contributed by atoms with E-state index in [-0.39, 0.29) is 12.7 Å². The molecule has 1 rings (SSSR count). The molecule has 4 nitrogen and oxygen atoms in total. The highest BCUT2D eigenvalue weighted by atomic mass is 35.5. The van der Waals surface area contributed by atoms with E-state index in [1.807, 2.05) is 6.92 Å². The molecule has 0 aliphatic heterocycles. The Labute approximate surface area is 135 Å². The van der Waals surface area contributed by atoms with Crippen LogP contribution in [0.25, 0.3) is 0 Å². The van der Waals surface area contributed by atoms with Crippen molar-refractivity contribution in [2.45, 2.75) is 26.9 Å². The zero-order valence-corrected chi connectivity index (χ0v) is 14.1. The lowest BCUT2D eigenvalue weighted by molar-refractivity contribution is -0.151. The van der Waals surface area contributed by atoms with Crippen molar-refractivity contribution in [1.29, 1.82) is 0 Å². The summed E-state index contributed by atoms with van der Waals surface area (Å²) < 4.78 is 10.6. The monoisotopic (exact) mass is 333 g/mol. The van der Waals surface area contributed by atoms with E-state index in [4.69, 9.17) is 32.7 Å². The van der Waals surface area contributed by atoms with Crippen LogP contribution in [0.1, 0.15) is 20.8 Å². The first kappa shape index (κ1) is 18.1. The first-order valence-corrected chi connectivity index (χ1v) is 7.71. The van der Waals surface area contributed by atoms with E-state index in [1.165, 1.54) is 0 Å². The normalized spacial score (nSPS) is 12.3. The summed E-state index contributed by atoms with van der Waals surface area (Å²) in [5, 5.41) is 0.884. The van der Waals surface area contributed by atoms with Crippen molar-refractivity contribution in [2.24, 2.45) is 0 Å². The molecule has 1 unspecified atom stereocenters. The maximum Gasteiger partial charge on any atom is 0.344 e. The largest absolute Gasteiger partial charge is 0.480 e. The molecule has 0 heterocycles. The molecule has 0 bridgehead atoms. The van der Waals surface area contributed by atoms with E-state index in [9.17, 15) is 4.79 Å². The molecular formula is C15H21Cl2NO3. The van der Waals surface area contributed by atoms with Crippen LogP contribution in [-0.2, 0) is 9.53 Å².